The van der Waals surface area contributed by atoms with Crippen LogP contribution < -0.4 is 9.64 Å². The summed E-state index contributed by atoms with van der Waals surface area (Å²) in [4.78, 5) is 18.0. The Morgan fingerprint density at radius 1 is 1.61 bits per heavy atom. The first-order valence-electron chi connectivity index (χ1n) is 6.01. The van der Waals surface area contributed by atoms with Gasteiger partial charge in [-0.1, -0.05) is 0 Å². The molecule has 1 aromatic rings. The lowest BCUT2D eigenvalue weighted by Crippen LogP contribution is -2.33. The van der Waals surface area contributed by atoms with E-state index in [4.69, 9.17) is 9.47 Å². The molecule has 1 saturated heterocycles. The monoisotopic (exact) mass is 250 g/mol. The quantitative estimate of drug-likeness (QED) is 0.815. The molecule has 1 aliphatic rings. The van der Waals surface area contributed by atoms with Crippen molar-refractivity contribution in [3.63, 3.8) is 0 Å². The lowest BCUT2D eigenvalue weighted by atomic mass is 10.0. The second-order valence-electron chi connectivity index (χ2n) is 4.51. The summed E-state index contributed by atoms with van der Waals surface area (Å²) in [5.74, 6) is 0.431. The molecule has 1 amide bonds. The number of pyridine rings is 1. The Labute approximate surface area is 107 Å². The highest BCUT2D eigenvalue weighted by Crippen LogP contribution is 2.28. The lowest BCUT2D eigenvalue weighted by Gasteiger charge is -2.21. The normalized spacial score (nSPS) is 22.8. The number of nitrogens with zero attached hydrogens (tertiary/aromatic N) is 2. The highest BCUT2D eigenvalue weighted by atomic mass is 16.5. The van der Waals surface area contributed by atoms with E-state index in [1.54, 1.807) is 31.3 Å². The second kappa shape index (κ2) is 5.35. The van der Waals surface area contributed by atoms with Crippen molar-refractivity contribution in [2.24, 2.45) is 5.92 Å². The minimum atomic E-state index is -0.0742. The van der Waals surface area contributed by atoms with Gasteiger partial charge >= 0.3 is 0 Å². The van der Waals surface area contributed by atoms with E-state index in [0.29, 0.717) is 18.2 Å². The van der Waals surface area contributed by atoms with Gasteiger partial charge in [-0.2, -0.15) is 0 Å². The summed E-state index contributed by atoms with van der Waals surface area (Å²) in [5.41, 5.74) is 0.685. The van der Waals surface area contributed by atoms with Crippen LogP contribution >= 0.6 is 0 Å². The van der Waals surface area contributed by atoms with Crippen molar-refractivity contribution in [2.45, 2.75) is 19.4 Å². The summed E-state index contributed by atoms with van der Waals surface area (Å²) >= 11 is 0. The number of aromatic nitrogens is 1. The standard InChI is InChI=1S/C13H18N2O3/c1-9-7-10(8-18-9)13(16)15(2)11-5-4-6-14-12(11)17-3/h4-6,9-10H,7-8H2,1-3H3. The van der Waals surface area contributed by atoms with Crippen LogP contribution in [-0.4, -0.2) is 37.8 Å². The van der Waals surface area contributed by atoms with Crippen molar-refractivity contribution in [3.8, 4) is 5.88 Å². The molecule has 98 valence electrons. The summed E-state index contributed by atoms with van der Waals surface area (Å²) in [7, 11) is 3.29. The van der Waals surface area contributed by atoms with Gasteiger partial charge in [-0.25, -0.2) is 4.98 Å². The van der Waals surface area contributed by atoms with Crippen LogP contribution in [0.25, 0.3) is 0 Å². The van der Waals surface area contributed by atoms with E-state index < -0.39 is 0 Å². The Balaban J connectivity index is 2.15. The van der Waals surface area contributed by atoms with Gasteiger partial charge in [0.15, 0.2) is 0 Å². The van der Waals surface area contributed by atoms with Crippen LogP contribution in [0, 0.1) is 5.92 Å². The Morgan fingerprint density at radius 3 is 3.00 bits per heavy atom. The Kier molecular flexibility index (Phi) is 3.81. The maximum Gasteiger partial charge on any atom is 0.237 e. The zero-order valence-electron chi connectivity index (χ0n) is 10.9. The average molecular weight is 250 g/mol. The summed E-state index contributed by atoms with van der Waals surface area (Å²) in [6.07, 6.45) is 2.57. The predicted molar refractivity (Wildman–Crippen MR) is 67.7 cm³/mol. The molecule has 0 N–H and O–H groups in total. The van der Waals surface area contributed by atoms with E-state index >= 15 is 0 Å². The van der Waals surface area contributed by atoms with Crippen LogP contribution in [0.15, 0.2) is 18.3 Å². The van der Waals surface area contributed by atoms with Crippen molar-refractivity contribution >= 4 is 11.6 Å². The van der Waals surface area contributed by atoms with Gasteiger partial charge in [-0.05, 0) is 25.5 Å². The first-order valence-corrected chi connectivity index (χ1v) is 6.01. The average Bonchev–Trinajstić information content (AvgIpc) is 2.83. The van der Waals surface area contributed by atoms with Crippen LogP contribution in [0.1, 0.15) is 13.3 Å². The third kappa shape index (κ3) is 2.46. The van der Waals surface area contributed by atoms with E-state index in [1.165, 1.54) is 0 Å². The van der Waals surface area contributed by atoms with Gasteiger partial charge in [0.05, 0.1) is 25.7 Å². The maximum absolute atomic E-state index is 12.3. The number of amides is 1. The molecule has 5 nitrogen and oxygen atoms in total. The molecular weight excluding hydrogens is 232 g/mol. The number of ether oxygens (including phenoxy) is 2. The summed E-state index contributed by atoms with van der Waals surface area (Å²) < 4.78 is 10.6. The molecule has 1 aromatic heterocycles. The predicted octanol–water partition coefficient (Wildman–Crippen LogP) is 1.48. The van der Waals surface area contributed by atoms with E-state index in [0.717, 1.165) is 6.42 Å². The van der Waals surface area contributed by atoms with Gasteiger partial charge < -0.3 is 14.4 Å². The van der Waals surface area contributed by atoms with Crippen molar-refractivity contribution in [1.82, 2.24) is 4.98 Å². The molecule has 0 bridgehead atoms. The molecule has 0 aliphatic carbocycles. The maximum atomic E-state index is 12.3. The van der Waals surface area contributed by atoms with Crippen LogP contribution in [0.5, 0.6) is 5.88 Å². The fraction of sp³-hybridized carbons (Fsp3) is 0.538. The van der Waals surface area contributed by atoms with Crippen molar-refractivity contribution in [3.05, 3.63) is 18.3 Å². The number of anilines is 1. The molecule has 1 fully saturated rings. The Hall–Kier alpha value is -1.62. The fourth-order valence-electron chi connectivity index (χ4n) is 2.18. The van der Waals surface area contributed by atoms with Gasteiger partial charge in [0.25, 0.3) is 0 Å². The molecule has 1 aliphatic heterocycles. The topological polar surface area (TPSA) is 51.7 Å². The molecule has 18 heavy (non-hydrogen) atoms. The van der Waals surface area contributed by atoms with Crippen LogP contribution in [0.2, 0.25) is 0 Å². The SMILES string of the molecule is COc1ncccc1N(C)C(=O)C1COC(C)C1. The first kappa shape index (κ1) is 12.8. The van der Waals surface area contributed by atoms with E-state index in [2.05, 4.69) is 4.98 Å². The lowest BCUT2D eigenvalue weighted by molar-refractivity contribution is -0.122. The van der Waals surface area contributed by atoms with Crippen LogP contribution in [0.3, 0.4) is 0 Å². The van der Waals surface area contributed by atoms with Gasteiger partial charge in [0.2, 0.25) is 11.8 Å². The highest BCUT2D eigenvalue weighted by molar-refractivity contribution is 5.95. The molecule has 2 atom stereocenters. The van der Waals surface area contributed by atoms with Crippen molar-refractivity contribution in [2.75, 3.05) is 25.7 Å². The fourth-order valence-corrected chi connectivity index (χ4v) is 2.18. The Morgan fingerprint density at radius 2 is 2.39 bits per heavy atom. The molecule has 2 heterocycles. The smallest absolute Gasteiger partial charge is 0.237 e. The third-order valence-corrected chi connectivity index (χ3v) is 3.18. The zero-order valence-corrected chi connectivity index (χ0v) is 10.9. The number of hydrogen-bond acceptors (Lipinski definition) is 4. The number of carbonyl (C=O) groups excluding carboxylic acids is 1. The summed E-state index contributed by atoms with van der Waals surface area (Å²) in [5, 5.41) is 0. The molecule has 2 rings (SSSR count). The number of methoxy groups -OCH3 is 1. The number of rotatable bonds is 3. The van der Waals surface area contributed by atoms with Gasteiger partial charge in [0.1, 0.15) is 5.69 Å². The molecular formula is C13H18N2O3. The first-order chi connectivity index (χ1) is 8.63. The Bertz CT molecular complexity index is 436. The molecule has 0 saturated carbocycles. The van der Waals surface area contributed by atoms with Gasteiger partial charge in [-0.3, -0.25) is 4.79 Å². The van der Waals surface area contributed by atoms with Crippen molar-refractivity contribution in [1.29, 1.82) is 0 Å². The van der Waals surface area contributed by atoms with E-state index in [9.17, 15) is 4.79 Å². The summed E-state index contributed by atoms with van der Waals surface area (Å²) in [6.45, 7) is 2.48. The van der Waals surface area contributed by atoms with E-state index in [-0.39, 0.29) is 17.9 Å². The molecule has 0 aromatic carbocycles. The minimum Gasteiger partial charge on any atom is -0.480 e. The number of hydrogen-bond donors (Lipinski definition) is 0. The number of carbonyl (C=O) groups is 1. The minimum absolute atomic E-state index is 0.0469. The van der Waals surface area contributed by atoms with Gasteiger partial charge in [0, 0.05) is 13.2 Å². The van der Waals surface area contributed by atoms with Crippen LogP contribution in [0.4, 0.5) is 5.69 Å². The molecule has 0 radical (unpaired) electrons. The van der Waals surface area contributed by atoms with Gasteiger partial charge in [-0.15, -0.1) is 0 Å². The zero-order chi connectivity index (χ0) is 13.1. The van der Waals surface area contributed by atoms with E-state index in [1.807, 2.05) is 13.0 Å². The second-order valence-corrected chi connectivity index (χ2v) is 4.51. The molecule has 0 spiro atoms. The largest absolute Gasteiger partial charge is 0.480 e. The highest BCUT2D eigenvalue weighted by Gasteiger charge is 2.31. The molecule has 2 unspecified atom stereocenters. The third-order valence-electron chi connectivity index (χ3n) is 3.18. The molecule has 5 heteroatoms. The summed E-state index contributed by atoms with van der Waals surface area (Å²) in [6, 6.07) is 3.61. The van der Waals surface area contributed by atoms with Crippen molar-refractivity contribution < 1.29 is 14.3 Å². The van der Waals surface area contributed by atoms with Crippen LogP contribution in [-0.2, 0) is 9.53 Å².